The van der Waals surface area contributed by atoms with Crippen molar-refractivity contribution in [1.82, 2.24) is 0 Å². The molecule has 0 saturated heterocycles. The summed E-state index contributed by atoms with van der Waals surface area (Å²) >= 11 is 0. The Morgan fingerprint density at radius 1 is 0.864 bits per heavy atom. The van der Waals surface area contributed by atoms with Crippen molar-refractivity contribution in [3.05, 3.63) is 0 Å². The maximum absolute atomic E-state index is 13.3. The van der Waals surface area contributed by atoms with Crippen molar-refractivity contribution in [3.8, 4) is 0 Å². The van der Waals surface area contributed by atoms with Gasteiger partial charge in [-0.05, 0) is 31.6 Å². The zero-order valence-corrected chi connectivity index (χ0v) is 12.8. The van der Waals surface area contributed by atoms with Crippen molar-refractivity contribution in [2.45, 2.75) is 70.5 Å². The molecule has 0 spiro atoms. The smallest absolute Gasteiger partial charge is 0.393 e. The lowest BCUT2D eigenvalue weighted by atomic mass is 9.74. The summed E-state index contributed by atoms with van der Waals surface area (Å²) in [5, 5.41) is 9.34. The molecule has 1 N–H and O–H groups in total. The number of alkyl halides is 6. The van der Waals surface area contributed by atoms with Crippen LogP contribution in [0.2, 0.25) is 0 Å². The van der Waals surface area contributed by atoms with E-state index in [1.807, 2.05) is 0 Å². The van der Waals surface area contributed by atoms with Gasteiger partial charge in [-0.3, -0.25) is 0 Å². The Morgan fingerprint density at radius 3 is 1.59 bits per heavy atom. The number of rotatable bonds is 3. The molecule has 0 heterocycles. The molecule has 1 aliphatic carbocycles. The summed E-state index contributed by atoms with van der Waals surface area (Å²) in [6.07, 6.45) is -10.2. The van der Waals surface area contributed by atoms with Crippen LogP contribution in [0.4, 0.5) is 26.3 Å². The maximum Gasteiger partial charge on any atom is 0.427 e. The van der Waals surface area contributed by atoms with E-state index in [0.717, 1.165) is 20.8 Å². The van der Waals surface area contributed by atoms with Crippen LogP contribution in [-0.4, -0.2) is 35.8 Å². The molecule has 0 aromatic carbocycles. The molecule has 0 atom stereocenters. The van der Waals surface area contributed by atoms with Crippen LogP contribution in [0.1, 0.15) is 46.5 Å². The third-order valence-corrected chi connectivity index (χ3v) is 4.21. The number of aliphatic hydroxyl groups excluding tert-OH is 1. The van der Waals surface area contributed by atoms with Crippen LogP contribution in [-0.2, 0) is 4.74 Å². The molecule has 22 heavy (non-hydrogen) atoms. The van der Waals surface area contributed by atoms with Gasteiger partial charge >= 0.3 is 12.4 Å². The van der Waals surface area contributed by atoms with Crippen molar-refractivity contribution in [3.63, 3.8) is 0 Å². The maximum atomic E-state index is 13.3. The Kier molecular flexibility index (Phi) is 5.50. The fourth-order valence-electron chi connectivity index (χ4n) is 2.95. The van der Waals surface area contributed by atoms with Crippen LogP contribution < -0.4 is 0 Å². The highest BCUT2D eigenvalue weighted by Gasteiger charge is 2.77. The van der Waals surface area contributed by atoms with Crippen molar-refractivity contribution in [1.29, 1.82) is 0 Å². The Labute approximate surface area is 125 Å². The topological polar surface area (TPSA) is 29.5 Å². The molecule has 1 fully saturated rings. The van der Waals surface area contributed by atoms with E-state index in [0.29, 0.717) is 25.7 Å². The van der Waals surface area contributed by atoms with Crippen molar-refractivity contribution >= 4 is 0 Å². The highest BCUT2D eigenvalue weighted by atomic mass is 19.4. The molecule has 0 bridgehead atoms. The van der Waals surface area contributed by atoms with Gasteiger partial charge in [-0.25, -0.2) is 0 Å². The van der Waals surface area contributed by atoms with Gasteiger partial charge < -0.3 is 9.84 Å². The molecular formula is C14H22F6O2. The second-order valence-corrected chi connectivity index (χ2v) is 6.91. The summed E-state index contributed by atoms with van der Waals surface area (Å²) in [6.45, 7) is 2.00. The molecule has 1 saturated carbocycles. The van der Waals surface area contributed by atoms with Gasteiger partial charge in [0.05, 0.1) is 12.7 Å². The monoisotopic (exact) mass is 336 g/mol. The average molecular weight is 336 g/mol. The summed E-state index contributed by atoms with van der Waals surface area (Å²) in [6, 6.07) is 0. The van der Waals surface area contributed by atoms with Gasteiger partial charge in [0.2, 0.25) is 0 Å². The largest absolute Gasteiger partial charge is 0.427 e. The Morgan fingerprint density at radius 2 is 1.27 bits per heavy atom. The van der Waals surface area contributed by atoms with Crippen LogP contribution in [0, 0.1) is 11.3 Å². The first-order valence-electron chi connectivity index (χ1n) is 7.18. The minimum absolute atomic E-state index is 0.358. The number of ether oxygens (including phenoxy) is 1. The second kappa shape index (κ2) is 6.19. The van der Waals surface area contributed by atoms with E-state index in [-0.39, 0.29) is 0 Å². The Hall–Kier alpha value is -0.500. The fraction of sp³-hybridized carbons (Fsp3) is 1.00. The third kappa shape index (κ3) is 3.69. The van der Waals surface area contributed by atoms with Crippen molar-refractivity contribution < 1.29 is 36.2 Å². The molecule has 8 heteroatoms. The summed E-state index contributed by atoms with van der Waals surface area (Å²) in [5.41, 5.74) is -6.40. The van der Waals surface area contributed by atoms with Gasteiger partial charge in [0.1, 0.15) is 0 Å². The van der Waals surface area contributed by atoms with Crippen LogP contribution >= 0.6 is 0 Å². The summed E-state index contributed by atoms with van der Waals surface area (Å²) in [4.78, 5) is 0. The lowest BCUT2D eigenvalue weighted by molar-refractivity contribution is -0.411. The average Bonchev–Trinajstić information content (AvgIpc) is 2.26. The number of aliphatic hydroxyl groups is 1. The van der Waals surface area contributed by atoms with Gasteiger partial charge in [0, 0.05) is 5.41 Å². The molecule has 132 valence electrons. The first kappa shape index (κ1) is 19.5. The van der Waals surface area contributed by atoms with E-state index in [1.54, 1.807) is 0 Å². The number of hydrogen-bond acceptors (Lipinski definition) is 2. The zero-order chi connectivity index (χ0) is 17.4. The molecule has 0 aromatic rings. The van der Waals surface area contributed by atoms with E-state index in [4.69, 9.17) is 0 Å². The van der Waals surface area contributed by atoms with E-state index < -0.39 is 42.0 Å². The van der Waals surface area contributed by atoms with Crippen molar-refractivity contribution in [2.75, 3.05) is 6.61 Å². The molecular weight excluding hydrogens is 314 g/mol. The molecule has 0 amide bonds. The molecule has 1 aliphatic rings. The van der Waals surface area contributed by atoms with Gasteiger partial charge in [-0.15, -0.1) is 0 Å². The van der Waals surface area contributed by atoms with Crippen LogP contribution in [0.5, 0.6) is 0 Å². The minimum Gasteiger partial charge on any atom is -0.393 e. The molecule has 1 rings (SSSR count). The lowest BCUT2D eigenvalue weighted by Crippen LogP contribution is -2.66. The Bertz CT molecular complexity index is 325. The first-order valence-corrected chi connectivity index (χ1v) is 7.18. The highest BCUT2D eigenvalue weighted by Crippen LogP contribution is 2.55. The van der Waals surface area contributed by atoms with Gasteiger partial charge in [0.15, 0.2) is 0 Å². The SMILES string of the molecule is CC(C)(C)C(OCC1CCC(O)CC1)(C(F)(F)F)C(F)(F)F. The summed E-state index contributed by atoms with van der Waals surface area (Å²) in [7, 11) is 0. The predicted molar refractivity (Wildman–Crippen MR) is 68.2 cm³/mol. The minimum atomic E-state index is -5.57. The number of hydrogen-bond donors (Lipinski definition) is 1. The van der Waals surface area contributed by atoms with Crippen LogP contribution in [0.3, 0.4) is 0 Å². The first-order chi connectivity index (χ1) is 9.72. The molecule has 0 aliphatic heterocycles. The summed E-state index contributed by atoms with van der Waals surface area (Å²) < 4.78 is 84.4. The van der Waals surface area contributed by atoms with E-state index >= 15 is 0 Å². The molecule has 2 nitrogen and oxygen atoms in total. The second-order valence-electron chi connectivity index (χ2n) is 6.91. The highest BCUT2D eigenvalue weighted by molar-refractivity contribution is 5.04. The molecule has 0 unspecified atom stereocenters. The van der Waals surface area contributed by atoms with Crippen LogP contribution in [0.15, 0.2) is 0 Å². The van der Waals surface area contributed by atoms with Crippen molar-refractivity contribution in [2.24, 2.45) is 11.3 Å². The van der Waals surface area contributed by atoms with Gasteiger partial charge in [0.25, 0.3) is 5.60 Å². The quantitative estimate of drug-likeness (QED) is 0.771. The molecule has 0 aromatic heterocycles. The lowest BCUT2D eigenvalue weighted by Gasteiger charge is -2.46. The normalized spacial score (nSPS) is 25.4. The fourth-order valence-corrected chi connectivity index (χ4v) is 2.95. The summed E-state index contributed by atoms with van der Waals surface area (Å²) in [5.74, 6) is -0.408. The van der Waals surface area contributed by atoms with E-state index in [9.17, 15) is 31.4 Å². The van der Waals surface area contributed by atoms with Crippen LogP contribution in [0.25, 0.3) is 0 Å². The third-order valence-electron chi connectivity index (χ3n) is 4.21. The Balaban J connectivity index is 3.01. The van der Waals surface area contributed by atoms with E-state index in [2.05, 4.69) is 4.74 Å². The van der Waals surface area contributed by atoms with E-state index in [1.165, 1.54) is 0 Å². The standard InChI is InChI=1S/C14H22F6O2/c1-11(2,3)12(13(15,16)17,14(18,19)20)22-8-9-4-6-10(21)7-5-9/h9-10,21H,4-8H2,1-3H3. The predicted octanol–water partition coefficient (Wildman–Crippen LogP) is 4.46. The van der Waals surface area contributed by atoms with Gasteiger partial charge in [-0.1, -0.05) is 20.8 Å². The molecule has 0 radical (unpaired) electrons. The van der Waals surface area contributed by atoms with Gasteiger partial charge in [-0.2, -0.15) is 26.3 Å². The number of halogens is 6. The zero-order valence-electron chi connectivity index (χ0n) is 12.8.